The lowest BCUT2D eigenvalue weighted by Crippen LogP contribution is -2.33. The van der Waals surface area contributed by atoms with Gasteiger partial charge < -0.3 is 15.5 Å². The summed E-state index contributed by atoms with van der Waals surface area (Å²) in [5, 5.41) is 22.9. The topological polar surface area (TPSA) is 52.5 Å². The lowest BCUT2D eigenvalue weighted by Gasteiger charge is -2.26. The van der Waals surface area contributed by atoms with Gasteiger partial charge in [-0.2, -0.15) is 0 Å². The molecule has 3 N–H and O–H groups in total. The molecule has 1 saturated heterocycles. The second-order valence-corrected chi connectivity index (χ2v) is 4.56. The molecular formula is C11H14ClNO2. The van der Waals surface area contributed by atoms with Gasteiger partial charge >= 0.3 is 0 Å². The van der Waals surface area contributed by atoms with E-state index in [0.717, 1.165) is 19.4 Å². The van der Waals surface area contributed by atoms with Gasteiger partial charge in [0.1, 0.15) is 0 Å². The molecule has 15 heavy (non-hydrogen) atoms. The maximum Gasteiger partial charge on any atom is 0.176 e. The van der Waals surface area contributed by atoms with Gasteiger partial charge in [-0.15, -0.1) is 0 Å². The number of rotatable bonds is 1. The second kappa shape index (κ2) is 3.58. The molecule has 1 atom stereocenters. The van der Waals surface area contributed by atoms with Crippen LogP contribution in [0.4, 0.5) is 0 Å². The van der Waals surface area contributed by atoms with Gasteiger partial charge in [0, 0.05) is 11.1 Å². The van der Waals surface area contributed by atoms with E-state index in [9.17, 15) is 10.2 Å². The number of hydrogen-bond donors (Lipinski definition) is 3. The van der Waals surface area contributed by atoms with E-state index in [2.05, 4.69) is 5.32 Å². The van der Waals surface area contributed by atoms with Gasteiger partial charge in [-0.25, -0.2) is 0 Å². The van der Waals surface area contributed by atoms with Gasteiger partial charge in [-0.1, -0.05) is 17.7 Å². The van der Waals surface area contributed by atoms with Crippen LogP contribution < -0.4 is 5.32 Å². The SMILES string of the molecule is CC1(c2ccc(Cl)c(O)c2O)CCCN1. The van der Waals surface area contributed by atoms with Crippen molar-refractivity contribution in [3.05, 3.63) is 22.7 Å². The Morgan fingerprint density at radius 2 is 2.07 bits per heavy atom. The number of aromatic hydroxyl groups is 2. The molecule has 3 nitrogen and oxygen atoms in total. The van der Waals surface area contributed by atoms with Gasteiger partial charge in [-0.05, 0) is 32.4 Å². The Kier molecular flexibility index (Phi) is 2.52. The van der Waals surface area contributed by atoms with Crippen molar-refractivity contribution >= 4 is 11.6 Å². The quantitative estimate of drug-likeness (QED) is 0.646. The highest BCUT2D eigenvalue weighted by Gasteiger charge is 2.33. The summed E-state index contributed by atoms with van der Waals surface area (Å²) in [4.78, 5) is 0. The van der Waals surface area contributed by atoms with Crippen molar-refractivity contribution < 1.29 is 10.2 Å². The first kappa shape index (κ1) is 10.6. The monoisotopic (exact) mass is 227 g/mol. The predicted molar refractivity (Wildman–Crippen MR) is 59.4 cm³/mol. The summed E-state index contributed by atoms with van der Waals surface area (Å²) in [6, 6.07) is 3.37. The smallest absolute Gasteiger partial charge is 0.176 e. The summed E-state index contributed by atoms with van der Waals surface area (Å²) in [5.74, 6) is -0.344. The molecule has 1 heterocycles. The van der Waals surface area contributed by atoms with Gasteiger partial charge in [0.15, 0.2) is 11.5 Å². The van der Waals surface area contributed by atoms with Gasteiger partial charge in [0.05, 0.1) is 5.02 Å². The second-order valence-electron chi connectivity index (χ2n) is 4.15. The minimum Gasteiger partial charge on any atom is -0.504 e. The third kappa shape index (κ3) is 1.66. The standard InChI is InChI=1S/C11H14ClNO2/c1-11(5-2-6-13-11)7-3-4-8(12)10(15)9(7)14/h3-4,13-15H,2,5-6H2,1H3. The van der Waals surface area contributed by atoms with Crippen LogP contribution in [0.2, 0.25) is 5.02 Å². The molecule has 1 aromatic rings. The molecule has 2 rings (SSSR count). The van der Waals surface area contributed by atoms with Crippen LogP contribution in [0.25, 0.3) is 0 Å². The van der Waals surface area contributed by atoms with Crippen molar-refractivity contribution in [1.29, 1.82) is 0 Å². The lowest BCUT2D eigenvalue weighted by molar-refractivity contribution is 0.366. The normalized spacial score (nSPS) is 25.7. The first-order chi connectivity index (χ1) is 7.04. The van der Waals surface area contributed by atoms with Crippen molar-refractivity contribution in [3.63, 3.8) is 0 Å². The van der Waals surface area contributed by atoms with E-state index in [4.69, 9.17) is 11.6 Å². The fraction of sp³-hybridized carbons (Fsp3) is 0.455. The van der Waals surface area contributed by atoms with Crippen molar-refractivity contribution in [2.75, 3.05) is 6.54 Å². The van der Waals surface area contributed by atoms with Crippen LogP contribution in [-0.2, 0) is 5.54 Å². The molecular weight excluding hydrogens is 214 g/mol. The Hall–Kier alpha value is -0.930. The Morgan fingerprint density at radius 3 is 2.67 bits per heavy atom. The van der Waals surface area contributed by atoms with E-state index in [1.54, 1.807) is 12.1 Å². The molecule has 0 amide bonds. The summed E-state index contributed by atoms with van der Waals surface area (Å²) < 4.78 is 0. The summed E-state index contributed by atoms with van der Waals surface area (Å²) >= 11 is 5.71. The molecule has 0 radical (unpaired) electrons. The molecule has 4 heteroatoms. The summed E-state index contributed by atoms with van der Waals surface area (Å²) in [5.41, 5.74) is 0.452. The van der Waals surface area contributed by atoms with Crippen molar-refractivity contribution in [1.82, 2.24) is 5.32 Å². The van der Waals surface area contributed by atoms with Crippen molar-refractivity contribution in [3.8, 4) is 11.5 Å². The van der Waals surface area contributed by atoms with Crippen LogP contribution in [0.1, 0.15) is 25.3 Å². The average molecular weight is 228 g/mol. The van der Waals surface area contributed by atoms with E-state index in [0.29, 0.717) is 5.56 Å². The van der Waals surface area contributed by atoms with Gasteiger partial charge in [-0.3, -0.25) is 0 Å². The number of hydrogen-bond acceptors (Lipinski definition) is 3. The zero-order chi connectivity index (χ0) is 11.1. The minimum atomic E-state index is -0.258. The molecule has 0 bridgehead atoms. The van der Waals surface area contributed by atoms with Crippen LogP contribution in [-0.4, -0.2) is 16.8 Å². The molecule has 0 spiro atoms. The molecule has 0 aliphatic carbocycles. The predicted octanol–water partition coefficient (Wildman–Crippen LogP) is 2.35. The summed E-state index contributed by atoms with van der Waals surface area (Å²) in [7, 11) is 0. The summed E-state index contributed by atoms with van der Waals surface area (Å²) in [6.45, 7) is 2.95. The zero-order valence-electron chi connectivity index (χ0n) is 8.55. The van der Waals surface area contributed by atoms with E-state index >= 15 is 0 Å². The van der Waals surface area contributed by atoms with E-state index in [1.807, 2.05) is 6.92 Å². The zero-order valence-corrected chi connectivity index (χ0v) is 9.30. The molecule has 1 fully saturated rings. The molecule has 1 aliphatic rings. The Balaban J connectivity index is 2.49. The number of phenols is 2. The van der Waals surface area contributed by atoms with E-state index in [1.165, 1.54) is 0 Å². The van der Waals surface area contributed by atoms with Crippen molar-refractivity contribution in [2.45, 2.75) is 25.3 Å². The van der Waals surface area contributed by atoms with Crippen LogP contribution in [0.3, 0.4) is 0 Å². The van der Waals surface area contributed by atoms with E-state index < -0.39 is 0 Å². The van der Waals surface area contributed by atoms with Crippen LogP contribution >= 0.6 is 11.6 Å². The minimum absolute atomic E-state index is 0.112. The number of nitrogens with one attached hydrogen (secondary N) is 1. The largest absolute Gasteiger partial charge is 0.504 e. The van der Waals surface area contributed by atoms with Gasteiger partial charge in [0.2, 0.25) is 0 Å². The highest BCUT2D eigenvalue weighted by Crippen LogP contribution is 2.43. The molecule has 1 aliphatic heterocycles. The van der Waals surface area contributed by atoms with Crippen LogP contribution in [0.15, 0.2) is 12.1 Å². The first-order valence-corrected chi connectivity index (χ1v) is 5.38. The highest BCUT2D eigenvalue weighted by molar-refractivity contribution is 6.32. The molecule has 1 unspecified atom stereocenters. The summed E-state index contributed by atoms with van der Waals surface area (Å²) in [6.07, 6.45) is 2.01. The number of halogens is 1. The fourth-order valence-electron chi connectivity index (χ4n) is 2.12. The molecule has 1 aromatic carbocycles. The maximum atomic E-state index is 9.83. The maximum absolute atomic E-state index is 9.83. The lowest BCUT2D eigenvalue weighted by atomic mass is 9.89. The highest BCUT2D eigenvalue weighted by atomic mass is 35.5. The number of benzene rings is 1. The van der Waals surface area contributed by atoms with E-state index in [-0.39, 0.29) is 22.1 Å². The van der Waals surface area contributed by atoms with Crippen molar-refractivity contribution in [2.24, 2.45) is 0 Å². The molecule has 82 valence electrons. The van der Waals surface area contributed by atoms with Gasteiger partial charge in [0.25, 0.3) is 0 Å². The Morgan fingerprint density at radius 1 is 1.33 bits per heavy atom. The molecule has 0 aromatic heterocycles. The Bertz CT molecular complexity index is 386. The third-order valence-corrected chi connectivity index (χ3v) is 3.37. The van der Waals surface area contributed by atoms with Crippen LogP contribution in [0.5, 0.6) is 11.5 Å². The fourth-order valence-corrected chi connectivity index (χ4v) is 2.28. The first-order valence-electron chi connectivity index (χ1n) is 5.00. The Labute approximate surface area is 93.7 Å². The third-order valence-electron chi connectivity index (χ3n) is 3.07. The number of phenolic OH excluding ortho intramolecular Hbond substituents is 2. The van der Waals surface area contributed by atoms with Crippen LogP contribution in [0, 0.1) is 0 Å². The average Bonchev–Trinajstić information content (AvgIpc) is 2.62. The molecule has 0 saturated carbocycles.